The zero-order valence-corrected chi connectivity index (χ0v) is 13.3. The first-order valence-corrected chi connectivity index (χ1v) is 7.71. The monoisotopic (exact) mass is 313 g/mol. The summed E-state index contributed by atoms with van der Waals surface area (Å²) in [4.78, 5) is 12.9. The number of rotatable bonds is 8. The van der Waals surface area contributed by atoms with Crippen LogP contribution in [0.4, 0.5) is 11.4 Å². The number of carbonyl (C=O) groups is 1. The summed E-state index contributed by atoms with van der Waals surface area (Å²) in [7, 11) is 0. The van der Waals surface area contributed by atoms with Crippen LogP contribution in [0.1, 0.15) is 18.1 Å². The van der Waals surface area contributed by atoms with Crippen LogP contribution in [0.2, 0.25) is 0 Å². The topological polar surface area (TPSA) is 78.6 Å². The summed E-state index contributed by atoms with van der Waals surface area (Å²) >= 11 is 0. The second kappa shape index (κ2) is 8.19. The second-order valence-corrected chi connectivity index (χ2v) is 5.48. The Morgan fingerprint density at radius 3 is 2.74 bits per heavy atom. The molecular weight excluding hydrogens is 290 g/mol. The molecule has 23 heavy (non-hydrogen) atoms. The number of nitrogens with zero attached hydrogens (tertiary/aromatic N) is 1. The lowest BCUT2D eigenvalue weighted by molar-refractivity contribution is -0.105. The van der Waals surface area contributed by atoms with Crippen molar-refractivity contribution >= 4 is 17.8 Å². The Bertz CT molecular complexity index is 658. The molecule has 0 spiro atoms. The van der Waals surface area contributed by atoms with Crippen molar-refractivity contribution in [2.24, 2.45) is 0 Å². The van der Waals surface area contributed by atoms with E-state index < -0.39 is 0 Å². The molecule has 0 saturated carbocycles. The fourth-order valence-electron chi connectivity index (χ4n) is 2.50. The number of hydrogen-bond acceptors (Lipinski definition) is 4. The van der Waals surface area contributed by atoms with Crippen molar-refractivity contribution in [1.29, 1.82) is 0 Å². The molecule has 0 aliphatic heterocycles. The Balaban J connectivity index is 1.97. The van der Waals surface area contributed by atoms with Crippen LogP contribution in [-0.4, -0.2) is 29.5 Å². The Hall–Kier alpha value is -2.53. The molecule has 0 unspecified atom stereocenters. The van der Waals surface area contributed by atoms with E-state index >= 15 is 0 Å². The van der Waals surface area contributed by atoms with Crippen molar-refractivity contribution in [3.05, 3.63) is 53.6 Å². The van der Waals surface area contributed by atoms with E-state index in [1.165, 1.54) is 5.56 Å². The fourth-order valence-corrected chi connectivity index (χ4v) is 2.50. The number of benzene rings is 2. The fraction of sp³-hybridized carbons (Fsp3) is 0.278. The minimum Gasteiger partial charge on any atom is -0.506 e. The Labute approximate surface area is 136 Å². The molecule has 2 aromatic carbocycles. The third-order valence-electron chi connectivity index (χ3n) is 3.80. The van der Waals surface area contributed by atoms with E-state index in [2.05, 4.69) is 23.2 Å². The number of likely N-dealkylation sites (N-methyl/N-ethyl adjacent to an activating group) is 1. The molecule has 4 N–H and O–H groups in total. The maximum Gasteiger partial charge on any atom is 0.211 e. The number of anilines is 2. The molecule has 5 nitrogen and oxygen atoms in total. The number of nitrogens with two attached hydrogens (primary N) is 1. The summed E-state index contributed by atoms with van der Waals surface area (Å²) < 4.78 is 0. The van der Waals surface area contributed by atoms with Gasteiger partial charge in [0.2, 0.25) is 6.41 Å². The summed E-state index contributed by atoms with van der Waals surface area (Å²) in [6, 6.07) is 13.2. The van der Waals surface area contributed by atoms with Gasteiger partial charge in [-0.25, -0.2) is 0 Å². The van der Waals surface area contributed by atoms with Gasteiger partial charge < -0.3 is 16.2 Å². The van der Waals surface area contributed by atoms with E-state index in [1.807, 2.05) is 24.3 Å². The molecule has 122 valence electrons. The molecule has 0 aliphatic rings. The first-order chi connectivity index (χ1) is 11.1. The SMILES string of the molecule is CCN(CCc1ccc(O)c(NC=O)c1)Cc1cccc(N)c1. The molecule has 2 rings (SSSR count). The van der Waals surface area contributed by atoms with Crippen molar-refractivity contribution in [2.45, 2.75) is 19.9 Å². The summed E-state index contributed by atoms with van der Waals surface area (Å²) in [5.74, 6) is 0.0768. The average Bonchev–Trinajstić information content (AvgIpc) is 2.54. The van der Waals surface area contributed by atoms with Crippen LogP contribution < -0.4 is 11.1 Å². The van der Waals surface area contributed by atoms with Gasteiger partial charge in [-0.05, 0) is 48.4 Å². The van der Waals surface area contributed by atoms with E-state index in [9.17, 15) is 9.90 Å². The smallest absolute Gasteiger partial charge is 0.211 e. The van der Waals surface area contributed by atoms with Gasteiger partial charge in [-0.2, -0.15) is 0 Å². The lowest BCUT2D eigenvalue weighted by Gasteiger charge is -2.21. The predicted octanol–water partition coefficient (Wildman–Crippen LogP) is 2.61. The van der Waals surface area contributed by atoms with Crippen molar-refractivity contribution in [3.63, 3.8) is 0 Å². The average molecular weight is 313 g/mol. The predicted molar refractivity (Wildman–Crippen MR) is 93.3 cm³/mol. The first-order valence-electron chi connectivity index (χ1n) is 7.71. The molecule has 0 radical (unpaired) electrons. The van der Waals surface area contributed by atoms with Crippen molar-refractivity contribution in [3.8, 4) is 5.75 Å². The highest BCUT2D eigenvalue weighted by molar-refractivity contribution is 5.75. The summed E-state index contributed by atoms with van der Waals surface area (Å²) in [6.45, 7) is 4.80. The van der Waals surface area contributed by atoms with Crippen LogP contribution in [0.3, 0.4) is 0 Å². The number of hydrogen-bond donors (Lipinski definition) is 3. The van der Waals surface area contributed by atoms with Gasteiger partial charge in [0, 0.05) is 18.8 Å². The molecule has 1 amide bonds. The third kappa shape index (κ3) is 5.00. The van der Waals surface area contributed by atoms with Gasteiger partial charge in [0.1, 0.15) is 5.75 Å². The van der Waals surface area contributed by atoms with Gasteiger partial charge in [-0.3, -0.25) is 9.69 Å². The molecule has 0 fully saturated rings. The summed E-state index contributed by atoms with van der Waals surface area (Å²) in [5, 5.41) is 12.2. The van der Waals surface area contributed by atoms with E-state index in [1.54, 1.807) is 12.1 Å². The molecule has 0 bridgehead atoms. The first kappa shape index (κ1) is 16.8. The number of amides is 1. The third-order valence-corrected chi connectivity index (χ3v) is 3.80. The second-order valence-electron chi connectivity index (χ2n) is 5.48. The van der Waals surface area contributed by atoms with Crippen molar-refractivity contribution in [1.82, 2.24) is 4.90 Å². The number of aromatic hydroxyl groups is 1. The maximum atomic E-state index is 10.5. The molecule has 0 atom stereocenters. The van der Waals surface area contributed by atoms with Crippen LogP contribution >= 0.6 is 0 Å². The molecule has 5 heteroatoms. The molecule has 0 aromatic heterocycles. The number of phenols is 1. The zero-order valence-electron chi connectivity index (χ0n) is 13.3. The number of nitrogen functional groups attached to an aromatic ring is 1. The van der Waals surface area contributed by atoms with Crippen LogP contribution in [0.25, 0.3) is 0 Å². The lowest BCUT2D eigenvalue weighted by Crippen LogP contribution is -2.25. The minimum atomic E-state index is 0.0768. The zero-order chi connectivity index (χ0) is 16.7. The number of phenolic OH excluding ortho intramolecular Hbond substituents is 1. The van der Waals surface area contributed by atoms with Crippen LogP contribution in [-0.2, 0) is 17.8 Å². The Morgan fingerprint density at radius 1 is 1.22 bits per heavy atom. The normalized spacial score (nSPS) is 10.7. The minimum absolute atomic E-state index is 0.0768. The van der Waals surface area contributed by atoms with Crippen LogP contribution in [0.5, 0.6) is 5.75 Å². The molecule has 2 aromatic rings. The summed E-state index contributed by atoms with van der Waals surface area (Å²) in [5.41, 5.74) is 9.31. The molecule has 0 aliphatic carbocycles. The Morgan fingerprint density at radius 2 is 2.04 bits per heavy atom. The molecule has 0 saturated heterocycles. The molecular formula is C18H23N3O2. The number of nitrogens with one attached hydrogen (secondary N) is 1. The largest absolute Gasteiger partial charge is 0.506 e. The molecule has 0 heterocycles. The lowest BCUT2D eigenvalue weighted by atomic mass is 10.1. The number of carbonyl (C=O) groups excluding carboxylic acids is 1. The van der Waals surface area contributed by atoms with Crippen LogP contribution in [0.15, 0.2) is 42.5 Å². The highest BCUT2D eigenvalue weighted by atomic mass is 16.3. The van der Waals surface area contributed by atoms with E-state index in [0.29, 0.717) is 12.1 Å². The van der Waals surface area contributed by atoms with E-state index in [0.717, 1.165) is 37.3 Å². The maximum absolute atomic E-state index is 10.5. The van der Waals surface area contributed by atoms with Gasteiger partial charge in [0.05, 0.1) is 5.69 Å². The highest BCUT2D eigenvalue weighted by Crippen LogP contribution is 2.24. The standard InChI is InChI=1S/C18H23N3O2/c1-2-21(12-15-4-3-5-16(19)10-15)9-8-14-6-7-18(23)17(11-14)20-13-22/h3-7,10-11,13,23H,2,8-9,12,19H2,1H3,(H,20,22). The van der Waals surface area contributed by atoms with Gasteiger partial charge >= 0.3 is 0 Å². The van der Waals surface area contributed by atoms with E-state index in [-0.39, 0.29) is 5.75 Å². The highest BCUT2D eigenvalue weighted by Gasteiger charge is 2.07. The van der Waals surface area contributed by atoms with Gasteiger partial charge in [-0.1, -0.05) is 25.1 Å². The van der Waals surface area contributed by atoms with Gasteiger partial charge in [0.25, 0.3) is 0 Å². The van der Waals surface area contributed by atoms with Crippen molar-refractivity contribution in [2.75, 3.05) is 24.1 Å². The Kier molecular flexibility index (Phi) is 6.00. The summed E-state index contributed by atoms with van der Waals surface area (Å²) in [6.07, 6.45) is 1.40. The van der Waals surface area contributed by atoms with Gasteiger partial charge in [0.15, 0.2) is 0 Å². The van der Waals surface area contributed by atoms with Crippen LogP contribution in [0, 0.1) is 0 Å². The van der Waals surface area contributed by atoms with Gasteiger partial charge in [-0.15, -0.1) is 0 Å². The quantitative estimate of drug-likeness (QED) is 0.398. The van der Waals surface area contributed by atoms with Crippen molar-refractivity contribution < 1.29 is 9.90 Å². The van der Waals surface area contributed by atoms with E-state index in [4.69, 9.17) is 5.73 Å².